The highest BCUT2D eigenvalue weighted by atomic mass is 16.6. The summed E-state index contributed by atoms with van der Waals surface area (Å²) < 4.78 is 5.12. The fourth-order valence-electron chi connectivity index (χ4n) is 1.83. The van der Waals surface area contributed by atoms with Crippen LogP contribution in [0.25, 0.3) is 0 Å². The topological polar surface area (TPSA) is 55.4 Å². The zero-order chi connectivity index (χ0) is 12.2. The summed E-state index contributed by atoms with van der Waals surface area (Å²) in [6.45, 7) is 6.03. The molecular weight excluding hydrogens is 206 g/mol. The van der Waals surface area contributed by atoms with E-state index in [1.807, 2.05) is 20.8 Å². The van der Waals surface area contributed by atoms with E-state index in [2.05, 4.69) is 5.32 Å². The lowest BCUT2D eigenvalue weighted by atomic mass is 9.88. The SMILES string of the molecule is CC(C)(C)OC(=O)NCC1CCCC(=O)C1. The zero-order valence-corrected chi connectivity index (χ0v) is 10.3. The molecule has 1 N–H and O–H groups in total. The molecule has 4 heteroatoms. The lowest BCUT2D eigenvalue weighted by Crippen LogP contribution is -2.36. The summed E-state index contributed by atoms with van der Waals surface area (Å²) >= 11 is 0. The summed E-state index contributed by atoms with van der Waals surface area (Å²) in [5, 5.41) is 2.72. The van der Waals surface area contributed by atoms with Gasteiger partial charge in [-0.2, -0.15) is 0 Å². The van der Waals surface area contributed by atoms with Gasteiger partial charge in [-0.05, 0) is 39.5 Å². The first-order valence-corrected chi connectivity index (χ1v) is 5.85. The van der Waals surface area contributed by atoms with Gasteiger partial charge in [0.1, 0.15) is 11.4 Å². The van der Waals surface area contributed by atoms with Crippen LogP contribution in [0.2, 0.25) is 0 Å². The van der Waals surface area contributed by atoms with E-state index in [1.54, 1.807) is 0 Å². The third-order valence-corrected chi connectivity index (χ3v) is 2.52. The molecule has 0 aliphatic heterocycles. The fourth-order valence-corrected chi connectivity index (χ4v) is 1.83. The van der Waals surface area contributed by atoms with E-state index in [9.17, 15) is 9.59 Å². The van der Waals surface area contributed by atoms with Gasteiger partial charge in [0.25, 0.3) is 0 Å². The van der Waals surface area contributed by atoms with Crippen molar-refractivity contribution in [2.45, 2.75) is 52.1 Å². The first-order valence-electron chi connectivity index (χ1n) is 5.85. The number of ketones is 1. The quantitative estimate of drug-likeness (QED) is 0.787. The molecular formula is C12H21NO3. The minimum atomic E-state index is -0.466. The van der Waals surface area contributed by atoms with E-state index >= 15 is 0 Å². The number of nitrogens with one attached hydrogen (secondary N) is 1. The van der Waals surface area contributed by atoms with Crippen molar-refractivity contribution in [3.05, 3.63) is 0 Å². The average molecular weight is 227 g/mol. The third kappa shape index (κ3) is 5.14. The molecule has 1 aliphatic rings. The lowest BCUT2D eigenvalue weighted by Gasteiger charge is -2.23. The number of hydrogen-bond acceptors (Lipinski definition) is 3. The predicted octanol–water partition coefficient (Wildman–Crippen LogP) is 2.27. The van der Waals surface area contributed by atoms with E-state index in [0.29, 0.717) is 25.2 Å². The largest absolute Gasteiger partial charge is 0.444 e. The van der Waals surface area contributed by atoms with E-state index in [-0.39, 0.29) is 5.92 Å². The number of alkyl carbamates (subject to hydrolysis) is 1. The number of Topliss-reactive ketones (excluding diaryl/α,β-unsaturated/α-hetero) is 1. The Labute approximate surface area is 96.7 Å². The van der Waals surface area contributed by atoms with Gasteiger partial charge in [0.05, 0.1) is 0 Å². The Bertz CT molecular complexity index is 268. The molecule has 1 fully saturated rings. The van der Waals surface area contributed by atoms with Crippen molar-refractivity contribution in [2.75, 3.05) is 6.54 Å². The van der Waals surface area contributed by atoms with Crippen LogP contribution in [-0.2, 0) is 9.53 Å². The maximum atomic E-state index is 11.4. The third-order valence-electron chi connectivity index (χ3n) is 2.52. The number of hydrogen-bond donors (Lipinski definition) is 1. The number of carbonyl (C=O) groups excluding carboxylic acids is 2. The standard InChI is InChI=1S/C12H21NO3/c1-12(2,3)16-11(15)13-8-9-5-4-6-10(14)7-9/h9H,4-8H2,1-3H3,(H,13,15). The Kier molecular flexibility index (Phi) is 4.33. The molecule has 0 aromatic heterocycles. The molecule has 0 aromatic rings. The average Bonchev–Trinajstić information content (AvgIpc) is 2.12. The van der Waals surface area contributed by atoms with Gasteiger partial charge in [-0.3, -0.25) is 4.79 Å². The lowest BCUT2D eigenvalue weighted by molar-refractivity contribution is -0.121. The Morgan fingerprint density at radius 2 is 2.19 bits per heavy atom. The molecule has 0 saturated heterocycles. The van der Waals surface area contributed by atoms with Crippen LogP contribution >= 0.6 is 0 Å². The molecule has 1 saturated carbocycles. The Morgan fingerprint density at radius 1 is 1.50 bits per heavy atom. The van der Waals surface area contributed by atoms with E-state index in [0.717, 1.165) is 12.8 Å². The minimum Gasteiger partial charge on any atom is -0.444 e. The van der Waals surface area contributed by atoms with Crippen LogP contribution in [0.4, 0.5) is 4.79 Å². The zero-order valence-electron chi connectivity index (χ0n) is 10.3. The second-order valence-corrected chi connectivity index (χ2v) is 5.38. The summed E-state index contributed by atoms with van der Waals surface area (Å²) in [6, 6.07) is 0. The Hall–Kier alpha value is -1.06. The predicted molar refractivity (Wildman–Crippen MR) is 61.2 cm³/mol. The molecule has 0 bridgehead atoms. The van der Waals surface area contributed by atoms with Crippen LogP contribution in [-0.4, -0.2) is 24.0 Å². The molecule has 0 heterocycles. The first kappa shape index (κ1) is 13.0. The molecule has 16 heavy (non-hydrogen) atoms. The van der Waals surface area contributed by atoms with E-state index in [1.165, 1.54) is 0 Å². The molecule has 1 amide bonds. The molecule has 4 nitrogen and oxygen atoms in total. The number of amides is 1. The van der Waals surface area contributed by atoms with Gasteiger partial charge in [0.15, 0.2) is 0 Å². The number of carbonyl (C=O) groups is 2. The van der Waals surface area contributed by atoms with Gasteiger partial charge in [0, 0.05) is 19.4 Å². The van der Waals surface area contributed by atoms with Crippen molar-refractivity contribution < 1.29 is 14.3 Å². The van der Waals surface area contributed by atoms with Crippen LogP contribution in [0.15, 0.2) is 0 Å². The fraction of sp³-hybridized carbons (Fsp3) is 0.833. The van der Waals surface area contributed by atoms with Crippen LogP contribution < -0.4 is 5.32 Å². The molecule has 1 atom stereocenters. The summed E-state index contributed by atoms with van der Waals surface area (Å²) in [5.74, 6) is 0.594. The van der Waals surface area contributed by atoms with Crippen molar-refractivity contribution in [1.82, 2.24) is 5.32 Å². The molecule has 1 aliphatic carbocycles. The van der Waals surface area contributed by atoms with Gasteiger partial charge < -0.3 is 10.1 Å². The molecule has 0 spiro atoms. The van der Waals surface area contributed by atoms with Crippen LogP contribution in [0, 0.1) is 5.92 Å². The smallest absolute Gasteiger partial charge is 0.407 e. The van der Waals surface area contributed by atoms with Gasteiger partial charge in [0.2, 0.25) is 0 Å². The highest BCUT2D eigenvalue weighted by molar-refractivity contribution is 5.79. The van der Waals surface area contributed by atoms with Gasteiger partial charge in [-0.1, -0.05) is 0 Å². The van der Waals surface area contributed by atoms with Crippen molar-refractivity contribution >= 4 is 11.9 Å². The van der Waals surface area contributed by atoms with Crippen LogP contribution in [0.5, 0.6) is 0 Å². The number of ether oxygens (including phenoxy) is 1. The van der Waals surface area contributed by atoms with Gasteiger partial charge in [-0.15, -0.1) is 0 Å². The molecule has 0 aromatic carbocycles. The second kappa shape index (κ2) is 5.32. The van der Waals surface area contributed by atoms with Crippen molar-refractivity contribution in [1.29, 1.82) is 0 Å². The Balaban J connectivity index is 2.23. The normalized spacial score (nSPS) is 21.7. The Morgan fingerprint density at radius 3 is 2.75 bits per heavy atom. The van der Waals surface area contributed by atoms with Crippen molar-refractivity contribution in [3.63, 3.8) is 0 Å². The molecule has 0 radical (unpaired) electrons. The highest BCUT2D eigenvalue weighted by Gasteiger charge is 2.21. The molecule has 92 valence electrons. The van der Waals surface area contributed by atoms with Gasteiger partial charge in [-0.25, -0.2) is 4.79 Å². The second-order valence-electron chi connectivity index (χ2n) is 5.38. The highest BCUT2D eigenvalue weighted by Crippen LogP contribution is 2.20. The maximum absolute atomic E-state index is 11.4. The van der Waals surface area contributed by atoms with Crippen LogP contribution in [0.3, 0.4) is 0 Å². The molecule has 1 rings (SSSR count). The summed E-state index contributed by atoms with van der Waals surface area (Å²) in [4.78, 5) is 22.6. The number of rotatable bonds is 2. The maximum Gasteiger partial charge on any atom is 0.407 e. The minimum absolute atomic E-state index is 0.286. The van der Waals surface area contributed by atoms with Crippen molar-refractivity contribution in [2.24, 2.45) is 5.92 Å². The van der Waals surface area contributed by atoms with Crippen LogP contribution in [0.1, 0.15) is 46.5 Å². The van der Waals surface area contributed by atoms with Gasteiger partial charge >= 0.3 is 6.09 Å². The summed E-state index contributed by atoms with van der Waals surface area (Å²) in [7, 11) is 0. The monoisotopic (exact) mass is 227 g/mol. The van der Waals surface area contributed by atoms with Crippen molar-refractivity contribution in [3.8, 4) is 0 Å². The van der Waals surface area contributed by atoms with E-state index < -0.39 is 11.7 Å². The summed E-state index contributed by atoms with van der Waals surface area (Å²) in [5.41, 5.74) is -0.466. The molecule has 1 unspecified atom stereocenters. The van der Waals surface area contributed by atoms with E-state index in [4.69, 9.17) is 4.74 Å². The summed E-state index contributed by atoms with van der Waals surface area (Å²) in [6.07, 6.45) is 2.85. The first-order chi connectivity index (χ1) is 7.37.